The molecule has 0 spiro atoms. The lowest BCUT2D eigenvalue weighted by Crippen LogP contribution is -2.37. The lowest BCUT2D eigenvalue weighted by atomic mass is 9.97. The number of amides is 1. The Morgan fingerprint density at radius 1 is 1.06 bits per heavy atom. The van der Waals surface area contributed by atoms with Gasteiger partial charge in [0.05, 0.1) is 15.1 Å². The highest BCUT2D eigenvalue weighted by molar-refractivity contribution is 7.89. The third-order valence-corrected chi connectivity index (χ3v) is 7.77. The van der Waals surface area contributed by atoms with Gasteiger partial charge in [-0.05, 0) is 42.9 Å². The topological polar surface area (TPSA) is 79.4 Å². The first-order chi connectivity index (χ1) is 14.6. The van der Waals surface area contributed by atoms with E-state index in [0.29, 0.717) is 23.7 Å². The Hall–Kier alpha value is -1.51. The molecule has 0 aliphatic rings. The van der Waals surface area contributed by atoms with Crippen molar-refractivity contribution in [1.82, 2.24) is 9.29 Å². The van der Waals surface area contributed by atoms with E-state index in [2.05, 4.69) is 24.1 Å². The molecule has 1 N–H and O–H groups in total. The Bertz CT molecular complexity index is 952. The highest BCUT2D eigenvalue weighted by atomic mass is 32.2. The summed E-state index contributed by atoms with van der Waals surface area (Å²) < 4.78 is 28.9. The van der Waals surface area contributed by atoms with Gasteiger partial charge in [-0.2, -0.15) is 4.31 Å². The summed E-state index contributed by atoms with van der Waals surface area (Å²) >= 11 is 1.32. The second-order valence-electron chi connectivity index (χ2n) is 9.02. The van der Waals surface area contributed by atoms with Gasteiger partial charge in [-0.25, -0.2) is 13.4 Å². The molecule has 1 aromatic carbocycles. The summed E-state index contributed by atoms with van der Waals surface area (Å²) in [5.74, 6) is 0.456. The number of hydrogen-bond acceptors (Lipinski definition) is 5. The van der Waals surface area contributed by atoms with Gasteiger partial charge in [0.2, 0.25) is 15.9 Å². The number of carbonyl (C=O) groups is 1. The minimum atomic E-state index is -3.60. The normalized spacial score (nSPS) is 12.6. The average Bonchev–Trinajstić information content (AvgIpc) is 3.07. The Kier molecular flexibility index (Phi) is 9.45. The molecule has 2 aromatic rings. The van der Waals surface area contributed by atoms with Gasteiger partial charge in [0.1, 0.15) is 0 Å². The molecule has 0 atom stereocenters. The van der Waals surface area contributed by atoms with E-state index in [1.54, 1.807) is 22.5 Å². The van der Waals surface area contributed by atoms with Crippen LogP contribution >= 0.6 is 11.3 Å². The van der Waals surface area contributed by atoms with Crippen molar-refractivity contribution < 1.29 is 13.2 Å². The maximum atomic E-state index is 13.3. The summed E-state index contributed by atoms with van der Waals surface area (Å²) in [7, 11) is -3.60. The molecule has 0 aliphatic carbocycles. The van der Waals surface area contributed by atoms with Gasteiger partial charge in [-0.15, -0.1) is 0 Å². The van der Waals surface area contributed by atoms with E-state index < -0.39 is 10.0 Å². The summed E-state index contributed by atoms with van der Waals surface area (Å²) in [5.41, 5.74) is 0.695. The summed E-state index contributed by atoms with van der Waals surface area (Å²) in [6.45, 7) is 13.2. The van der Waals surface area contributed by atoms with Crippen LogP contribution in [-0.4, -0.2) is 36.7 Å². The smallest absolute Gasteiger partial charge is 0.243 e. The zero-order valence-electron chi connectivity index (χ0n) is 19.6. The Morgan fingerprint density at radius 3 is 2.16 bits per heavy atom. The fourth-order valence-corrected chi connectivity index (χ4v) is 6.44. The molecule has 1 heterocycles. The summed E-state index contributed by atoms with van der Waals surface area (Å²) in [6.07, 6.45) is 3.63. The van der Waals surface area contributed by atoms with E-state index in [1.165, 1.54) is 11.3 Å². The lowest BCUT2D eigenvalue weighted by molar-refractivity contribution is -0.120. The number of fused-ring (bicyclic) bond motifs is 1. The first-order valence-electron chi connectivity index (χ1n) is 11.3. The van der Waals surface area contributed by atoms with Crippen LogP contribution in [0.15, 0.2) is 23.1 Å². The van der Waals surface area contributed by atoms with Crippen molar-refractivity contribution in [2.75, 3.05) is 18.4 Å². The fourth-order valence-electron chi connectivity index (χ4n) is 3.66. The average molecular weight is 468 g/mol. The number of sulfonamides is 1. The molecule has 6 nitrogen and oxygen atoms in total. The van der Waals surface area contributed by atoms with E-state index in [9.17, 15) is 13.2 Å². The zero-order chi connectivity index (χ0) is 23.2. The molecule has 0 bridgehead atoms. The quantitative estimate of drug-likeness (QED) is 0.431. The number of benzene rings is 1. The van der Waals surface area contributed by atoms with Gasteiger partial charge in [-0.3, -0.25) is 4.79 Å². The highest BCUT2D eigenvalue weighted by Crippen LogP contribution is 2.30. The second-order valence-corrected chi connectivity index (χ2v) is 12.0. The summed E-state index contributed by atoms with van der Waals surface area (Å²) in [5, 5.41) is 3.46. The number of aromatic nitrogens is 1. The van der Waals surface area contributed by atoms with Crippen LogP contribution in [0, 0.1) is 17.8 Å². The SMILES string of the molecule is CCCC(CCC)C(=O)Nc1nc2ccc(S(=O)(=O)N(CC(C)C)CC(C)C)cc2s1. The number of hydrogen-bond donors (Lipinski definition) is 1. The van der Waals surface area contributed by atoms with E-state index >= 15 is 0 Å². The van der Waals surface area contributed by atoms with Gasteiger partial charge in [0.15, 0.2) is 5.13 Å². The van der Waals surface area contributed by atoms with E-state index in [4.69, 9.17) is 0 Å². The van der Waals surface area contributed by atoms with Crippen LogP contribution in [0.25, 0.3) is 10.2 Å². The molecule has 0 fully saturated rings. The van der Waals surface area contributed by atoms with Gasteiger partial charge in [0.25, 0.3) is 0 Å². The molecule has 0 radical (unpaired) electrons. The summed E-state index contributed by atoms with van der Waals surface area (Å²) in [6, 6.07) is 5.03. The van der Waals surface area contributed by atoms with Crippen LogP contribution in [0.2, 0.25) is 0 Å². The third-order valence-electron chi connectivity index (χ3n) is 5.01. The fraction of sp³-hybridized carbons (Fsp3) is 0.652. The predicted molar refractivity (Wildman–Crippen MR) is 130 cm³/mol. The highest BCUT2D eigenvalue weighted by Gasteiger charge is 2.26. The van der Waals surface area contributed by atoms with Gasteiger partial charge in [0, 0.05) is 19.0 Å². The number of carbonyl (C=O) groups excluding carboxylic acids is 1. The van der Waals surface area contributed by atoms with Crippen molar-refractivity contribution in [3.8, 4) is 0 Å². The predicted octanol–water partition coefficient (Wildman–Crippen LogP) is 5.75. The maximum absolute atomic E-state index is 13.3. The monoisotopic (exact) mass is 467 g/mol. The van der Waals surface area contributed by atoms with Crippen LogP contribution < -0.4 is 5.32 Å². The van der Waals surface area contributed by atoms with Crippen molar-refractivity contribution in [3.63, 3.8) is 0 Å². The number of anilines is 1. The number of nitrogens with zero attached hydrogens (tertiary/aromatic N) is 2. The summed E-state index contributed by atoms with van der Waals surface area (Å²) in [4.78, 5) is 17.4. The number of thiazole rings is 1. The molecule has 0 unspecified atom stereocenters. The molecule has 1 aromatic heterocycles. The largest absolute Gasteiger partial charge is 0.302 e. The molecular formula is C23H37N3O3S2. The van der Waals surface area contributed by atoms with Crippen molar-refractivity contribution in [3.05, 3.63) is 18.2 Å². The molecular weight excluding hydrogens is 430 g/mol. The molecule has 0 saturated carbocycles. The Balaban J connectivity index is 2.29. The molecule has 174 valence electrons. The van der Waals surface area contributed by atoms with Crippen LogP contribution in [0.3, 0.4) is 0 Å². The van der Waals surface area contributed by atoms with Crippen molar-refractivity contribution in [1.29, 1.82) is 0 Å². The standard InChI is InChI=1S/C23H37N3O3S2/c1-7-9-18(10-8-2)22(27)25-23-24-20-12-11-19(13-21(20)30-23)31(28,29)26(14-16(3)4)15-17(5)6/h11-13,16-18H,7-10,14-15H2,1-6H3,(H,24,25,27). The van der Waals surface area contributed by atoms with Crippen LogP contribution in [0.5, 0.6) is 0 Å². The molecule has 2 rings (SSSR count). The molecule has 1 amide bonds. The maximum Gasteiger partial charge on any atom is 0.243 e. The van der Waals surface area contributed by atoms with Crippen LogP contribution in [-0.2, 0) is 14.8 Å². The Morgan fingerprint density at radius 2 is 1.65 bits per heavy atom. The van der Waals surface area contributed by atoms with Crippen molar-refractivity contribution in [2.45, 2.75) is 72.1 Å². The molecule has 0 aliphatic heterocycles. The Labute approximate surface area is 191 Å². The lowest BCUT2D eigenvalue weighted by Gasteiger charge is -2.25. The van der Waals surface area contributed by atoms with E-state index in [-0.39, 0.29) is 28.6 Å². The number of rotatable bonds is 12. The van der Waals surface area contributed by atoms with Gasteiger partial charge in [-0.1, -0.05) is 65.7 Å². The minimum absolute atomic E-state index is 0.00403. The van der Waals surface area contributed by atoms with Gasteiger partial charge >= 0.3 is 0 Å². The van der Waals surface area contributed by atoms with Crippen molar-refractivity contribution >= 4 is 42.6 Å². The van der Waals surface area contributed by atoms with Crippen LogP contribution in [0.4, 0.5) is 5.13 Å². The third kappa shape index (κ3) is 6.99. The van der Waals surface area contributed by atoms with Crippen LogP contribution in [0.1, 0.15) is 67.2 Å². The molecule has 8 heteroatoms. The molecule has 31 heavy (non-hydrogen) atoms. The van der Waals surface area contributed by atoms with E-state index in [0.717, 1.165) is 30.4 Å². The number of nitrogens with one attached hydrogen (secondary N) is 1. The molecule has 0 saturated heterocycles. The second kappa shape index (κ2) is 11.4. The first kappa shape index (κ1) is 25.7. The first-order valence-corrected chi connectivity index (χ1v) is 13.6. The van der Waals surface area contributed by atoms with Crippen molar-refractivity contribution in [2.24, 2.45) is 17.8 Å². The minimum Gasteiger partial charge on any atom is -0.302 e. The van der Waals surface area contributed by atoms with Gasteiger partial charge < -0.3 is 5.32 Å². The zero-order valence-corrected chi connectivity index (χ0v) is 21.3. The van der Waals surface area contributed by atoms with E-state index in [1.807, 2.05) is 27.7 Å².